The number of nitro benzene ring substituents is 1. The first-order chi connectivity index (χ1) is 25.8. The Hall–Kier alpha value is -5.08. The average Bonchev–Trinajstić information content (AvgIpc) is 3.67. The highest BCUT2D eigenvalue weighted by Gasteiger charge is 2.31. The number of carbonyl (C=O) groups excluding carboxylic acids is 2. The molecule has 6 aromatic rings. The van der Waals surface area contributed by atoms with Gasteiger partial charge in [-0.15, -0.1) is 0 Å². The number of benzene rings is 4. The van der Waals surface area contributed by atoms with Crippen LogP contribution in [0.3, 0.4) is 0 Å². The number of halogens is 1. The summed E-state index contributed by atoms with van der Waals surface area (Å²) < 4.78 is 76.7. The van der Waals surface area contributed by atoms with E-state index >= 15 is 0 Å². The number of methoxy groups -OCH3 is 2. The quantitative estimate of drug-likeness (QED) is 0.0556. The number of anilines is 1. The van der Waals surface area contributed by atoms with Gasteiger partial charge in [0.05, 0.1) is 39.5 Å². The first kappa shape index (κ1) is 41.1. The zero-order valence-corrected chi connectivity index (χ0v) is 33.5. The minimum absolute atomic E-state index is 0.00609. The van der Waals surface area contributed by atoms with Crippen LogP contribution in [0.4, 0.5) is 11.4 Å². The Morgan fingerprint density at radius 3 is 1.51 bits per heavy atom. The number of ether oxygens (including phenoxy) is 2. The van der Waals surface area contributed by atoms with Crippen LogP contribution < -0.4 is 15.2 Å². The van der Waals surface area contributed by atoms with E-state index in [1.54, 1.807) is 58.0 Å². The highest BCUT2D eigenvalue weighted by atomic mass is 79.9. The van der Waals surface area contributed by atoms with Gasteiger partial charge in [-0.05, 0) is 70.2 Å². The summed E-state index contributed by atoms with van der Waals surface area (Å²) in [5.41, 5.74) is 7.66. The van der Waals surface area contributed by atoms with Crippen LogP contribution in [0.5, 0.6) is 0 Å². The van der Waals surface area contributed by atoms with Gasteiger partial charge in [-0.1, -0.05) is 27.7 Å². The van der Waals surface area contributed by atoms with E-state index in [1.165, 1.54) is 44.6 Å². The number of furan rings is 2. The summed E-state index contributed by atoms with van der Waals surface area (Å²) in [6, 6.07) is 14.9. The standard InChI is InChI=1S/C18H17BrN2O7S.C18H20N2O5S/c1-9(2)17(18(22)27-3)20-29(25,26)10-4-5-11-12-7-13(19)14(21(23)24)8-16(12)28-15(11)6-10;1-10(2)17(18(21)24-3)20-26(22,23)12-5-7-14-13-6-4-11(19)8-15(13)25-16(14)9-12/h4-9,17,20H,1-3H3;4-10,17,20H,19H2,1-3H3/t2*17-/m00/s1. The van der Waals surface area contributed by atoms with Gasteiger partial charge in [-0.25, -0.2) is 16.8 Å². The lowest BCUT2D eigenvalue weighted by Crippen LogP contribution is -2.44. The molecule has 0 aliphatic heterocycles. The van der Waals surface area contributed by atoms with Crippen LogP contribution in [-0.2, 0) is 39.1 Å². The van der Waals surface area contributed by atoms with E-state index < -0.39 is 49.0 Å². The van der Waals surface area contributed by atoms with Crippen molar-refractivity contribution in [3.05, 3.63) is 81.3 Å². The SMILES string of the molecule is COC(=O)[C@@H](NS(=O)(=O)c1ccc2c(c1)oc1cc(N)ccc12)C(C)C.COC(=O)[C@@H](NS(=O)(=O)c1ccc2c(c1)oc1cc([N+](=O)[O-])c(Br)cc12)C(C)C. The van der Waals surface area contributed by atoms with Gasteiger partial charge in [-0.3, -0.25) is 19.7 Å². The third kappa shape index (κ3) is 8.60. The third-order valence-corrected chi connectivity index (χ3v) is 12.1. The summed E-state index contributed by atoms with van der Waals surface area (Å²) in [5, 5.41) is 13.9. The number of nitrogens with zero attached hydrogens (tertiary/aromatic N) is 1. The number of nitrogens with one attached hydrogen (secondary N) is 2. The first-order valence-corrected chi connectivity index (χ1v) is 20.3. The number of nitro groups is 1. The number of sulfonamides is 2. The highest BCUT2D eigenvalue weighted by molar-refractivity contribution is 9.10. The normalized spacial score (nSPS) is 13.3. The molecule has 19 heteroatoms. The molecule has 0 amide bonds. The highest BCUT2D eigenvalue weighted by Crippen LogP contribution is 2.37. The van der Waals surface area contributed by atoms with Crippen molar-refractivity contribution in [1.29, 1.82) is 0 Å². The number of nitrogens with two attached hydrogens (primary N) is 1. The van der Waals surface area contributed by atoms with Crippen LogP contribution in [0.15, 0.2) is 89.8 Å². The maximum absolute atomic E-state index is 12.8. The number of carbonyl (C=O) groups is 2. The zero-order chi connectivity index (χ0) is 40.6. The Morgan fingerprint density at radius 2 is 1.09 bits per heavy atom. The van der Waals surface area contributed by atoms with Gasteiger partial charge in [0.25, 0.3) is 5.69 Å². The second kappa shape index (κ2) is 16.0. The van der Waals surface area contributed by atoms with Crippen molar-refractivity contribution in [2.24, 2.45) is 11.8 Å². The Labute approximate surface area is 323 Å². The predicted molar refractivity (Wildman–Crippen MR) is 208 cm³/mol. The summed E-state index contributed by atoms with van der Waals surface area (Å²) in [6.07, 6.45) is 0. The lowest BCUT2D eigenvalue weighted by atomic mass is 10.1. The fourth-order valence-corrected chi connectivity index (χ4v) is 8.84. The summed E-state index contributed by atoms with van der Waals surface area (Å²) in [7, 11) is -5.57. The Balaban J connectivity index is 0.000000212. The van der Waals surface area contributed by atoms with Crippen LogP contribution in [0.1, 0.15) is 27.7 Å². The second-order valence-corrected chi connectivity index (χ2v) is 17.3. The van der Waals surface area contributed by atoms with E-state index in [-0.39, 0.29) is 43.0 Å². The molecule has 0 spiro atoms. The molecule has 0 fully saturated rings. The van der Waals surface area contributed by atoms with Crippen molar-refractivity contribution < 1.29 is 49.7 Å². The second-order valence-electron chi connectivity index (χ2n) is 13.1. The van der Waals surface area contributed by atoms with E-state index in [4.69, 9.17) is 14.6 Å². The molecule has 6 rings (SSSR count). The van der Waals surface area contributed by atoms with E-state index in [0.717, 1.165) is 10.8 Å². The third-order valence-electron chi connectivity index (χ3n) is 8.61. The van der Waals surface area contributed by atoms with Gasteiger partial charge >= 0.3 is 11.9 Å². The number of hydrogen-bond donors (Lipinski definition) is 3. The van der Waals surface area contributed by atoms with Crippen LogP contribution in [0.25, 0.3) is 43.9 Å². The molecule has 0 unspecified atom stereocenters. The van der Waals surface area contributed by atoms with Gasteiger partial charge in [0.2, 0.25) is 20.0 Å². The maximum atomic E-state index is 12.8. The van der Waals surface area contributed by atoms with Crippen LogP contribution >= 0.6 is 15.9 Å². The van der Waals surface area contributed by atoms with Crippen molar-refractivity contribution >= 4 is 103 Å². The molecule has 0 bridgehead atoms. The van der Waals surface area contributed by atoms with Gasteiger partial charge in [-0.2, -0.15) is 9.44 Å². The maximum Gasteiger partial charge on any atom is 0.324 e. The zero-order valence-electron chi connectivity index (χ0n) is 30.3. The van der Waals surface area contributed by atoms with Crippen molar-refractivity contribution in [1.82, 2.24) is 9.44 Å². The molecule has 4 aromatic carbocycles. The molecular formula is C36H37BrN4O12S2. The molecule has 0 aliphatic rings. The molecule has 2 heterocycles. The van der Waals surface area contributed by atoms with E-state index in [2.05, 4.69) is 34.8 Å². The Kier molecular flexibility index (Phi) is 11.9. The summed E-state index contributed by atoms with van der Waals surface area (Å²) >= 11 is 3.16. The molecule has 0 radical (unpaired) electrons. The van der Waals surface area contributed by atoms with Crippen LogP contribution in [-0.4, -0.2) is 60.0 Å². The molecule has 0 saturated carbocycles. The number of nitrogen functional groups attached to an aromatic ring is 1. The smallest absolute Gasteiger partial charge is 0.324 e. The molecule has 2 atom stereocenters. The van der Waals surface area contributed by atoms with Gasteiger partial charge in [0.1, 0.15) is 34.4 Å². The topological polar surface area (TPSA) is 240 Å². The minimum atomic E-state index is -4.05. The van der Waals surface area contributed by atoms with Crippen LogP contribution in [0, 0.1) is 22.0 Å². The molecule has 4 N–H and O–H groups in total. The largest absolute Gasteiger partial charge is 0.468 e. The van der Waals surface area contributed by atoms with E-state index in [0.29, 0.717) is 27.6 Å². The van der Waals surface area contributed by atoms with Crippen molar-refractivity contribution in [2.45, 2.75) is 49.6 Å². The molecule has 2 aromatic heterocycles. The number of esters is 2. The van der Waals surface area contributed by atoms with Crippen molar-refractivity contribution in [2.75, 3.05) is 20.0 Å². The summed E-state index contributed by atoms with van der Waals surface area (Å²) in [5.74, 6) is -1.92. The molecular weight excluding hydrogens is 824 g/mol. The molecule has 0 saturated heterocycles. The first-order valence-electron chi connectivity index (χ1n) is 16.5. The average molecular weight is 862 g/mol. The fourth-order valence-electron chi connectivity index (χ4n) is 5.65. The molecule has 55 heavy (non-hydrogen) atoms. The van der Waals surface area contributed by atoms with Gasteiger partial charge in [0, 0.05) is 45.4 Å². The summed E-state index contributed by atoms with van der Waals surface area (Å²) in [4.78, 5) is 34.2. The monoisotopic (exact) mass is 860 g/mol. The van der Waals surface area contributed by atoms with Gasteiger partial charge < -0.3 is 24.0 Å². The Morgan fingerprint density at radius 1 is 0.691 bits per heavy atom. The minimum Gasteiger partial charge on any atom is -0.468 e. The van der Waals surface area contributed by atoms with Crippen molar-refractivity contribution in [3.8, 4) is 0 Å². The summed E-state index contributed by atoms with van der Waals surface area (Å²) in [6.45, 7) is 6.85. The van der Waals surface area contributed by atoms with Crippen molar-refractivity contribution in [3.63, 3.8) is 0 Å². The molecule has 0 aliphatic carbocycles. The van der Waals surface area contributed by atoms with E-state index in [9.17, 15) is 36.5 Å². The van der Waals surface area contributed by atoms with Gasteiger partial charge in [0.15, 0.2) is 0 Å². The number of rotatable bonds is 11. The fraction of sp³-hybridized carbons (Fsp3) is 0.278. The van der Waals surface area contributed by atoms with E-state index in [1.807, 2.05) is 6.07 Å². The number of fused-ring (bicyclic) bond motifs is 6. The Bertz CT molecular complexity index is 2690. The lowest BCUT2D eigenvalue weighted by Gasteiger charge is -2.19. The van der Waals surface area contributed by atoms with Crippen LogP contribution in [0.2, 0.25) is 0 Å². The lowest BCUT2D eigenvalue weighted by molar-refractivity contribution is -0.385. The molecule has 16 nitrogen and oxygen atoms in total. The predicted octanol–water partition coefficient (Wildman–Crippen LogP) is 6.38. The number of hydrogen-bond acceptors (Lipinski definition) is 13. The molecule has 292 valence electrons.